The molecule has 0 aliphatic carbocycles. The first-order chi connectivity index (χ1) is 19.9. The van der Waals surface area contributed by atoms with Crippen molar-refractivity contribution in [1.29, 1.82) is 0 Å². The van der Waals surface area contributed by atoms with Crippen LogP contribution in [0.4, 0.5) is 17.6 Å². The number of thiazole rings is 1. The molecule has 4 aromatic rings. The zero-order chi connectivity index (χ0) is 28.5. The number of carbonyl (C=O) groups excluding carboxylic acids is 1. The number of aliphatic hydroxyl groups is 1. The monoisotopic (exact) mass is 574 g/mol. The number of carbonyl (C=O) groups is 1. The van der Waals surface area contributed by atoms with Crippen molar-refractivity contribution in [3.63, 3.8) is 0 Å². The van der Waals surface area contributed by atoms with Crippen LogP contribution in [0.25, 0.3) is 20.8 Å². The van der Waals surface area contributed by atoms with Crippen molar-refractivity contribution >= 4 is 45.0 Å². The van der Waals surface area contributed by atoms with Gasteiger partial charge < -0.3 is 25.0 Å². The van der Waals surface area contributed by atoms with Crippen LogP contribution in [-0.2, 0) is 4.74 Å². The number of aromatic nitrogens is 4. The summed E-state index contributed by atoms with van der Waals surface area (Å²) in [5, 5.41) is 13.1. The maximum absolute atomic E-state index is 12.4. The minimum Gasteiger partial charge on any atom is -0.394 e. The Bertz CT molecular complexity index is 1560. The lowest BCUT2D eigenvalue weighted by atomic mass is 10.1. The molecule has 2 aliphatic rings. The van der Waals surface area contributed by atoms with Crippen LogP contribution in [-0.4, -0.2) is 106 Å². The number of likely N-dealkylation sites (tertiary alicyclic amines) is 1. The van der Waals surface area contributed by atoms with Gasteiger partial charge in [0.15, 0.2) is 0 Å². The van der Waals surface area contributed by atoms with Crippen LogP contribution < -0.4 is 10.2 Å². The highest BCUT2D eigenvalue weighted by atomic mass is 32.1. The van der Waals surface area contributed by atoms with E-state index in [2.05, 4.69) is 20.1 Å². The molecule has 41 heavy (non-hydrogen) atoms. The largest absolute Gasteiger partial charge is 0.394 e. The molecule has 2 saturated heterocycles. The lowest BCUT2D eigenvalue weighted by Crippen LogP contribution is -2.48. The van der Waals surface area contributed by atoms with Crippen molar-refractivity contribution in [2.75, 3.05) is 63.8 Å². The zero-order valence-electron chi connectivity index (χ0n) is 23.4. The van der Waals surface area contributed by atoms with Gasteiger partial charge >= 0.3 is 0 Å². The van der Waals surface area contributed by atoms with Gasteiger partial charge in [-0.2, -0.15) is 4.98 Å². The Morgan fingerprint density at radius 3 is 2.78 bits per heavy atom. The lowest BCUT2D eigenvalue weighted by Gasteiger charge is -2.34. The second-order valence-electron chi connectivity index (χ2n) is 10.7. The van der Waals surface area contributed by atoms with Gasteiger partial charge in [-0.1, -0.05) is 12.1 Å². The number of ether oxygens (including phenoxy) is 1. The van der Waals surface area contributed by atoms with Gasteiger partial charge in [0.25, 0.3) is 5.91 Å². The zero-order valence-corrected chi connectivity index (χ0v) is 24.3. The summed E-state index contributed by atoms with van der Waals surface area (Å²) in [5.41, 5.74) is 3.25. The van der Waals surface area contributed by atoms with E-state index in [0.29, 0.717) is 42.5 Å². The number of rotatable bonds is 10. The van der Waals surface area contributed by atoms with E-state index in [1.54, 1.807) is 30.3 Å². The van der Waals surface area contributed by atoms with E-state index in [1.807, 2.05) is 49.5 Å². The fourth-order valence-electron chi connectivity index (χ4n) is 5.56. The normalized spacial score (nSPS) is 18.4. The Kier molecular flexibility index (Phi) is 7.80. The summed E-state index contributed by atoms with van der Waals surface area (Å²) in [5.74, 6) is 2.05. The van der Waals surface area contributed by atoms with Crippen molar-refractivity contribution in [2.24, 2.45) is 0 Å². The minimum absolute atomic E-state index is 0.0384. The Balaban J connectivity index is 1.16. The van der Waals surface area contributed by atoms with Crippen LogP contribution in [0.5, 0.6) is 0 Å². The average molecular weight is 575 g/mol. The molecular formula is C29H34N8O3S. The number of hydrogen-bond acceptors (Lipinski definition) is 11. The maximum atomic E-state index is 12.4. The fourth-order valence-corrected chi connectivity index (χ4v) is 6.47. The Labute approximate surface area is 242 Å². The van der Waals surface area contributed by atoms with E-state index in [4.69, 9.17) is 24.8 Å². The highest BCUT2D eigenvalue weighted by Crippen LogP contribution is 2.34. The molecule has 11 nitrogen and oxygen atoms in total. The number of aryl methyl sites for hydroxylation is 1. The predicted molar refractivity (Wildman–Crippen MR) is 160 cm³/mol. The van der Waals surface area contributed by atoms with Crippen LogP contribution in [0.15, 0.2) is 42.6 Å². The standard InChI is InChI=1S/C29H34N8O3S/c1-18-11-26(34-29(31-18)37-17-21-13-22(37)16-36(21)7-9-40-10-8-38)33-25-14-23-24(15-30-25)41-27(32-23)19-5-4-6-20(12-19)28(39)35(2)3/h4-6,11-12,14-15,21-22,38H,7-10,13,16-17H2,1-3H3,(H,30,31,33,34)/t21-,22-/m0/s1. The number of benzene rings is 1. The maximum Gasteiger partial charge on any atom is 0.253 e. The SMILES string of the molecule is Cc1cc(Nc2cc3nc(-c4cccc(C(=O)N(C)C)c4)sc3cn2)nc(N2C[C@@H]3C[C@H]2CN3CCOCCO)n1. The molecule has 6 rings (SSSR count). The molecule has 2 fully saturated rings. The third kappa shape index (κ3) is 5.87. The van der Waals surface area contributed by atoms with Gasteiger partial charge in [-0.25, -0.2) is 15.0 Å². The predicted octanol–water partition coefficient (Wildman–Crippen LogP) is 3.17. The first-order valence-electron chi connectivity index (χ1n) is 13.8. The number of fused-ring (bicyclic) bond motifs is 3. The molecule has 1 amide bonds. The van der Waals surface area contributed by atoms with Crippen molar-refractivity contribution in [3.8, 4) is 10.6 Å². The minimum atomic E-state index is -0.0384. The third-order valence-electron chi connectivity index (χ3n) is 7.51. The van der Waals surface area contributed by atoms with E-state index in [-0.39, 0.29) is 12.5 Å². The van der Waals surface area contributed by atoms with Crippen molar-refractivity contribution < 1.29 is 14.6 Å². The molecule has 2 bridgehead atoms. The van der Waals surface area contributed by atoms with Gasteiger partial charge in [0.2, 0.25) is 5.95 Å². The molecule has 0 radical (unpaired) electrons. The molecule has 5 heterocycles. The summed E-state index contributed by atoms with van der Waals surface area (Å²) in [4.78, 5) is 37.8. The van der Waals surface area contributed by atoms with E-state index in [0.717, 1.165) is 58.5 Å². The van der Waals surface area contributed by atoms with Gasteiger partial charge in [-0.05, 0) is 25.5 Å². The summed E-state index contributed by atoms with van der Waals surface area (Å²) >= 11 is 1.55. The van der Waals surface area contributed by atoms with Crippen molar-refractivity contribution in [1.82, 2.24) is 29.7 Å². The highest BCUT2D eigenvalue weighted by Gasteiger charge is 2.44. The second kappa shape index (κ2) is 11.6. The van der Waals surface area contributed by atoms with Crippen molar-refractivity contribution in [2.45, 2.75) is 25.4 Å². The quantitative estimate of drug-likeness (QED) is 0.273. The van der Waals surface area contributed by atoms with E-state index in [1.165, 1.54) is 0 Å². The Hall–Kier alpha value is -3.71. The number of amides is 1. The number of anilines is 3. The molecule has 2 atom stereocenters. The summed E-state index contributed by atoms with van der Waals surface area (Å²) < 4.78 is 6.43. The molecule has 0 spiro atoms. The smallest absolute Gasteiger partial charge is 0.253 e. The van der Waals surface area contributed by atoms with E-state index >= 15 is 0 Å². The number of pyridine rings is 1. The van der Waals surface area contributed by atoms with Gasteiger partial charge in [0, 0.05) is 81.0 Å². The number of piperazine rings is 1. The summed E-state index contributed by atoms with van der Waals surface area (Å²) in [6, 6.07) is 12.2. The molecule has 3 aromatic heterocycles. The fraction of sp³-hybridized carbons (Fsp3) is 0.414. The van der Waals surface area contributed by atoms with Gasteiger partial charge in [-0.3, -0.25) is 9.69 Å². The highest BCUT2D eigenvalue weighted by molar-refractivity contribution is 7.21. The average Bonchev–Trinajstić information content (AvgIpc) is 3.69. The molecule has 1 aromatic carbocycles. The summed E-state index contributed by atoms with van der Waals surface area (Å²) in [7, 11) is 3.49. The van der Waals surface area contributed by atoms with E-state index < -0.39 is 0 Å². The second-order valence-corrected chi connectivity index (χ2v) is 11.7. The van der Waals surface area contributed by atoms with Crippen LogP contribution >= 0.6 is 11.3 Å². The van der Waals surface area contributed by atoms with Gasteiger partial charge in [-0.15, -0.1) is 11.3 Å². The number of nitrogens with one attached hydrogen (secondary N) is 1. The lowest BCUT2D eigenvalue weighted by molar-refractivity contribution is 0.0695. The van der Waals surface area contributed by atoms with E-state index in [9.17, 15) is 4.79 Å². The first kappa shape index (κ1) is 27.5. The molecular weight excluding hydrogens is 540 g/mol. The van der Waals surface area contributed by atoms with Crippen molar-refractivity contribution in [3.05, 3.63) is 53.9 Å². The Morgan fingerprint density at radius 1 is 1.12 bits per heavy atom. The topological polar surface area (TPSA) is 120 Å². The van der Waals surface area contributed by atoms with Crippen LogP contribution in [0.3, 0.4) is 0 Å². The number of aliphatic hydroxyl groups excluding tert-OH is 1. The van der Waals surface area contributed by atoms with Crippen LogP contribution in [0.1, 0.15) is 22.5 Å². The molecule has 0 unspecified atom stereocenters. The Morgan fingerprint density at radius 2 is 2.00 bits per heavy atom. The summed E-state index contributed by atoms with van der Waals surface area (Å²) in [6.45, 7) is 5.80. The molecule has 2 N–H and O–H groups in total. The number of hydrogen-bond donors (Lipinski definition) is 2. The molecule has 2 aliphatic heterocycles. The number of nitrogens with zero attached hydrogens (tertiary/aromatic N) is 7. The first-order valence-corrected chi connectivity index (χ1v) is 14.6. The van der Waals surface area contributed by atoms with Gasteiger partial charge in [0.05, 0.1) is 30.0 Å². The molecule has 214 valence electrons. The molecule has 0 saturated carbocycles. The summed E-state index contributed by atoms with van der Waals surface area (Å²) in [6.07, 6.45) is 2.91. The van der Waals surface area contributed by atoms with Gasteiger partial charge in [0.1, 0.15) is 16.6 Å². The molecule has 12 heteroatoms. The van der Waals surface area contributed by atoms with Crippen LogP contribution in [0.2, 0.25) is 0 Å². The van der Waals surface area contributed by atoms with Crippen LogP contribution in [0, 0.1) is 6.92 Å². The third-order valence-corrected chi connectivity index (χ3v) is 8.56.